The molecule has 0 N–H and O–H groups in total. The van der Waals surface area contributed by atoms with Crippen molar-refractivity contribution in [2.24, 2.45) is 5.92 Å². The van der Waals surface area contributed by atoms with Crippen LogP contribution in [0.25, 0.3) is 15.9 Å². The van der Waals surface area contributed by atoms with Gasteiger partial charge >= 0.3 is 0 Å². The molecule has 150 valence electrons. The Balaban J connectivity index is 1.70. The number of para-hydroxylation sites is 1. The smallest absolute Gasteiger partial charge is 0.262 e. The zero-order valence-electron chi connectivity index (χ0n) is 16.6. The maximum atomic E-state index is 13.0. The summed E-state index contributed by atoms with van der Waals surface area (Å²) in [6, 6.07) is 8.99. The number of thiazole rings is 1. The van der Waals surface area contributed by atoms with Crippen LogP contribution in [-0.2, 0) is 12.3 Å². The fraction of sp³-hybridized carbons (Fsp3) is 0.333. The number of hydrogen-bond acceptors (Lipinski definition) is 6. The molecule has 0 unspecified atom stereocenters. The number of hydrogen-bond donors (Lipinski definition) is 0. The molecule has 3 heterocycles. The van der Waals surface area contributed by atoms with Crippen LogP contribution in [-0.4, -0.2) is 18.9 Å². The van der Waals surface area contributed by atoms with Crippen molar-refractivity contribution < 1.29 is 0 Å². The van der Waals surface area contributed by atoms with Crippen LogP contribution >= 0.6 is 23.1 Å². The zero-order valence-corrected chi connectivity index (χ0v) is 18.2. The van der Waals surface area contributed by atoms with Crippen molar-refractivity contribution in [2.75, 3.05) is 0 Å². The van der Waals surface area contributed by atoms with Crippen LogP contribution in [0.4, 0.5) is 0 Å². The molecule has 0 saturated heterocycles. The molecule has 0 spiro atoms. The molecule has 6 nitrogen and oxygen atoms in total. The Bertz CT molecular complexity index is 1300. The van der Waals surface area contributed by atoms with Gasteiger partial charge in [-0.2, -0.15) is 0 Å². The van der Waals surface area contributed by atoms with Crippen molar-refractivity contribution in [3.63, 3.8) is 0 Å². The van der Waals surface area contributed by atoms with Crippen LogP contribution in [0.5, 0.6) is 0 Å². The molecule has 0 bridgehead atoms. The number of nitrogens with zero attached hydrogens (tertiary/aromatic N) is 4. The predicted molar refractivity (Wildman–Crippen MR) is 119 cm³/mol. The summed E-state index contributed by atoms with van der Waals surface area (Å²) in [4.78, 5) is 35.5. The van der Waals surface area contributed by atoms with E-state index in [1.54, 1.807) is 15.0 Å². The Hall–Kier alpha value is -2.45. The van der Waals surface area contributed by atoms with Crippen LogP contribution in [0.1, 0.15) is 31.7 Å². The van der Waals surface area contributed by atoms with E-state index in [0.29, 0.717) is 44.9 Å². The molecule has 0 amide bonds. The molecule has 0 fully saturated rings. The van der Waals surface area contributed by atoms with Gasteiger partial charge in [0.15, 0.2) is 10.1 Å². The maximum Gasteiger partial charge on any atom is 0.262 e. The molecule has 0 aliphatic heterocycles. The number of fused-ring (bicyclic) bond motifs is 2. The van der Waals surface area contributed by atoms with E-state index in [9.17, 15) is 9.59 Å². The predicted octanol–water partition coefficient (Wildman–Crippen LogP) is 4.11. The molecule has 1 aromatic carbocycles. The number of aromatic nitrogens is 4. The highest BCUT2D eigenvalue weighted by Crippen LogP contribution is 2.23. The van der Waals surface area contributed by atoms with Crippen molar-refractivity contribution in [3.8, 4) is 0 Å². The van der Waals surface area contributed by atoms with Gasteiger partial charge < -0.3 is 0 Å². The van der Waals surface area contributed by atoms with Gasteiger partial charge in [0.1, 0.15) is 0 Å². The van der Waals surface area contributed by atoms with Gasteiger partial charge in [-0.05, 0) is 31.4 Å². The summed E-state index contributed by atoms with van der Waals surface area (Å²) in [7, 11) is 0. The number of aryl methyl sites for hydroxylation is 1. The molecule has 29 heavy (non-hydrogen) atoms. The first-order chi connectivity index (χ1) is 13.9. The summed E-state index contributed by atoms with van der Waals surface area (Å²) in [6.07, 6.45) is 0.896. The summed E-state index contributed by atoms with van der Waals surface area (Å²) < 4.78 is 3.37. The topological polar surface area (TPSA) is 69.3 Å². The van der Waals surface area contributed by atoms with Crippen molar-refractivity contribution in [3.05, 3.63) is 67.8 Å². The highest BCUT2D eigenvalue weighted by atomic mass is 32.2. The average molecular weight is 427 g/mol. The molecular formula is C21H22N4O2S2. The van der Waals surface area contributed by atoms with Gasteiger partial charge in [-0.3, -0.25) is 18.6 Å². The minimum absolute atomic E-state index is 0.0175. The molecule has 0 aliphatic rings. The van der Waals surface area contributed by atoms with Crippen LogP contribution in [0.2, 0.25) is 0 Å². The van der Waals surface area contributed by atoms with Gasteiger partial charge in [0.2, 0.25) is 0 Å². The van der Waals surface area contributed by atoms with E-state index < -0.39 is 0 Å². The molecular weight excluding hydrogens is 404 g/mol. The Morgan fingerprint density at radius 2 is 1.97 bits per heavy atom. The highest BCUT2D eigenvalue weighted by Gasteiger charge is 2.13. The first-order valence-electron chi connectivity index (χ1n) is 9.53. The summed E-state index contributed by atoms with van der Waals surface area (Å²) in [5.74, 6) is 0.965. The van der Waals surface area contributed by atoms with E-state index in [4.69, 9.17) is 4.98 Å². The van der Waals surface area contributed by atoms with Crippen molar-refractivity contribution in [2.45, 2.75) is 44.6 Å². The van der Waals surface area contributed by atoms with E-state index in [-0.39, 0.29) is 11.1 Å². The van der Waals surface area contributed by atoms with E-state index in [2.05, 4.69) is 18.8 Å². The molecule has 0 atom stereocenters. The highest BCUT2D eigenvalue weighted by molar-refractivity contribution is 7.98. The lowest BCUT2D eigenvalue weighted by atomic mass is 10.1. The van der Waals surface area contributed by atoms with Crippen molar-refractivity contribution in [1.29, 1.82) is 0 Å². The average Bonchev–Trinajstić information content (AvgIpc) is 3.07. The van der Waals surface area contributed by atoms with Crippen molar-refractivity contribution >= 4 is 39.0 Å². The van der Waals surface area contributed by atoms with E-state index >= 15 is 0 Å². The van der Waals surface area contributed by atoms with Gasteiger partial charge in [0.25, 0.3) is 11.1 Å². The van der Waals surface area contributed by atoms with Crippen LogP contribution in [0.15, 0.2) is 50.5 Å². The summed E-state index contributed by atoms with van der Waals surface area (Å²) in [5.41, 5.74) is 2.18. The van der Waals surface area contributed by atoms with Crippen LogP contribution < -0.4 is 11.1 Å². The molecule has 0 radical (unpaired) electrons. The van der Waals surface area contributed by atoms with Gasteiger partial charge in [-0.15, -0.1) is 11.3 Å². The summed E-state index contributed by atoms with van der Waals surface area (Å²) in [6.45, 7) is 6.80. The van der Waals surface area contributed by atoms with E-state index in [1.165, 1.54) is 23.1 Å². The lowest BCUT2D eigenvalue weighted by Crippen LogP contribution is -2.24. The third kappa shape index (κ3) is 4.00. The quantitative estimate of drug-likeness (QED) is 0.343. The number of benzene rings is 1. The van der Waals surface area contributed by atoms with Gasteiger partial charge in [0, 0.05) is 29.4 Å². The first-order valence-corrected chi connectivity index (χ1v) is 11.4. The first kappa shape index (κ1) is 19.8. The van der Waals surface area contributed by atoms with Crippen LogP contribution in [0, 0.1) is 12.8 Å². The fourth-order valence-corrected chi connectivity index (χ4v) is 4.96. The molecule has 3 aromatic heterocycles. The Morgan fingerprint density at radius 3 is 2.76 bits per heavy atom. The summed E-state index contributed by atoms with van der Waals surface area (Å²) in [5, 5.41) is 3.22. The van der Waals surface area contributed by atoms with E-state index in [0.717, 1.165) is 12.1 Å². The lowest BCUT2D eigenvalue weighted by molar-refractivity contribution is 0.481. The molecule has 0 saturated carbocycles. The van der Waals surface area contributed by atoms with E-state index in [1.807, 2.05) is 36.6 Å². The second kappa shape index (κ2) is 8.12. The third-order valence-corrected chi connectivity index (χ3v) is 6.69. The molecule has 0 aliphatic carbocycles. The second-order valence-electron chi connectivity index (χ2n) is 7.42. The van der Waals surface area contributed by atoms with Gasteiger partial charge in [-0.1, -0.05) is 37.7 Å². The zero-order chi connectivity index (χ0) is 20.5. The maximum absolute atomic E-state index is 13.0. The SMILES string of the molecule is Cc1csc2nc(CSc3nc4ccccc4c(=O)n3CCC(C)C)cc(=O)n12. The minimum atomic E-state index is -0.0759. The normalized spacial score (nSPS) is 11.7. The number of thioether (sulfide) groups is 1. The Morgan fingerprint density at radius 1 is 1.17 bits per heavy atom. The second-order valence-corrected chi connectivity index (χ2v) is 9.20. The standard InChI is InChI=1S/C21H22N4O2S2/c1-13(2)8-9-24-19(27)16-6-4-5-7-17(16)23-20(24)29-12-15-10-18(26)25-14(3)11-28-21(25)22-15/h4-7,10-11,13H,8-9,12H2,1-3H3. The summed E-state index contributed by atoms with van der Waals surface area (Å²) >= 11 is 2.91. The monoisotopic (exact) mass is 426 g/mol. The largest absolute Gasteiger partial charge is 0.287 e. The minimum Gasteiger partial charge on any atom is -0.287 e. The molecule has 4 rings (SSSR count). The number of rotatable bonds is 6. The Labute approximate surface area is 176 Å². The molecule has 8 heteroatoms. The fourth-order valence-electron chi connectivity index (χ4n) is 3.16. The third-order valence-electron chi connectivity index (χ3n) is 4.73. The lowest BCUT2D eigenvalue weighted by Gasteiger charge is -2.14. The molecule has 4 aromatic rings. The van der Waals surface area contributed by atoms with Crippen LogP contribution in [0.3, 0.4) is 0 Å². The van der Waals surface area contributed by atoms with Gasteiger partial charge in [0.05, 0.1) is 16.6 Å². The van der Waals surface area contributed by atoms with Crippen molar-refractivity contribution in [1.82, 2.24) is 18.9 Å². The van der Waals surface area contributed by atoms with Gasteiger partial charge in [-0.25, -0.2) is 9.97 Å². The Kier molecular flexibility index (Phi) is 5.56.